The minimum absolute atomic E-state index is 0.0414. The molecule has 0 bridgehead atoms. The minimum Gasteiger partial charge on any atom is -0.373 e. The average molecular weight is 400 g/mol. The summed E-state index contributed by atoms with van der Waals surface area (Å²) in [6, 6.07) is 3.55. The maximum Gasteiger partial charge on any atom is 0.451 e. The van der Waals surface area contributed by atoms with Gasteiger partial charge >= 0.3 is 6.18 Å². The van der Waals surface area contributed by atoms with Gasteiger partial charge in [-0.3, -0.25) is 4.90 Å². The fourth-order valence-electron chi connectivity index (χ4n) is 3.45. The Hall–Kier alpha value is -2.00. The third-order valence-electron chi connectivity index (χ3n) is 4.88. The van der Waals surface area contributed by atoms with Crippen molar-refractivity contribution in [1.82, 2.24) is 14.9 Å². The first-order valence-corrected chi connectivity index (χ1v) is 9.14. The van der Waals surface area contributed by atoms with E-state index in [2.05, 4.69) is 20.2 Å². The number of hydrogen-bond donors (Lipinski definition) is 1. The zero-order valence-corrected chi connectivity index (χ0v) is 16.3. The number of aromatic nitrogens is 2. The highest BCUT2D eigenvalue weighted by Gasteiger charge is 2.36. The molecule has 2 unspecified atom stereocenters. The number of rotatable bonds is 4. The second kappa shape index (κ2) is 7.44. The van der Waals surface area contributed by atoms with Gasteiger partial charge < -0.3 is 10.1 Å². The molecule has 1 fully saturated rings. The van der Waals surface area contributed by atoms with E-state index in [1.165, 1.54) is 12.1 Å². The largest absolute Gasteiger partial charge is 0.451 e. The smallest absolute Gasteiger partial charge is 0.373 e. The summed E-state index contributed by atoms with van der Waals surface area (Å²) in [5, 5.41) is 3.37. The Kier molecular flexibility index (Phi) is 5.51. The zero-order chi connectivity index (χ0) is 20.7. The summed E-state index contributed by atoms with van der Waals surface area (Å²) in [6.07, 6.45) is -4.58. The average Bonchev–Trinajstić information content (AvgIpc) is 2.57. The molecule has 1 aliphatic rings. The highest BCUT2D eigenvalue weighted by molar-refractivity contribution is 5.89. The standard InChI is InChI=1S/C19H24F4N4O/c1-11-8-27(9-12(2)28-11)18(3,4)10-24-16-14-6-5-13(20)7-15(14)25-17(26-16)19(21,22)23/h5-7,11-12H,8-10H2,1-4H3,(H,24,25,26). The van der Waals surface area contributed by atoms with E-state index in [9.17, 15) is 17.6 Å². The Balaban J connectivity index is 1.88. The van der Waals surface area contributed by atoms with E-state index in [-0.39, 0.29) is 29.1 Å². The summed E-state index contributed by atoms with van der Waals surface area (Å²) >= 11 is 0. The second-order valence-corrected chi connectivity index (χ2v) is 7.88. The van der Waals surface area contributed by atoms with Crippen molar-refractivity contribution in [3.8, 4) is 0 Å². The van der Waals surface area contributed by atoms with Gasteiger partial charge in [0.2, 0.25) is 5.82 Å². The molecular formula is C19H24F4N4O. The number of nitrogens with one attached hydrogen (secondary N) is 1. The summed E-state index contributed by atoms with van der Waals surface area (Å²) in [6.45, 7) is 9.82. The van der Waals surface area contributed by atoms with E-state index >= 15 is 0 Å². The third-order valence-corrected chi connectivity index (χ3v) is 4.88. The molecule has 3 rings (SSSR count). The van der Waals surface area contributed by atoms with Gasteiger partial charge in [0.1, 0.15) is 11.6 Å². The molecule has 0 aliphatic carbocycles. The van der Waals surface area contributed by atoms with Crippen molar-refractivity contribution in [3.63, 3.8) is 0 Å². The number of nitrogens with zero attached hydrogens (tertiary/aromatic N) is 3. The third kappa shape index (κ3) is 4.52. The topological polar surface area (TPSA) is 50.3 Å². The van der Waals surface area contributed by atoms with Crippen LogP contribution in [0.5, 0.6) is 0 Å². The lowest BCUT2D eigenvalue weighted by Gasteiger charge is -2.45. The first kappa shape index (κ1) is 20.7. The second-order valence-electron chi connectivity index (χ2n) is 7.88. The molecule has 1 aliphatic heterocycles. The maximum atomic E-state index is 13.5. The van der Waals surface area contributed by atoms with E-state index in [0.29, 0.717) is 11.9 Å². The molecule has 1 saturated heterocycles. The van der Waals surface area contributed by atoms with Crippen LogP contribution in [0.2, 0.25) is 0 Å². The fourth-order valence-corrected chi connectivity index (χ4v) is 3.45. The Morgan fingerprint density at radius 1 is 1.14 bits per heavy atom. The first-order chi connectivity index (χ1) is 13.0. The molecule has 0 saturated carbocycles. The molecule has 1 aromatic carbocycles. The monoisotopic (exact) mass is 400 g/mol. The van der Waals surface area contributed by atoms with Crippen molar-refractivity contribution in [3.05, 3.63) is 29.8 Å². The van der Waals surface area contributed by atoms with Crippen molar-refractivity contribution in [2.45, 2.75) is 51.6 Å². The minimum atomic E-state index is -4.72. The van der Waals surface area contributed by atoms with Crippen LogP contribution in [0, 0.1) is 5.82 Å². The van der Waals surface area contributed by atoms with Crippen LogP contribution in [-0.4, -0.2) is 52.2 Å². The molecule has 28 heavy (non-hydrogen) atoms. The normalized spacial score (nSPS) is 21.9. The van der Waals surface area contributed by atoms with Crippen LogP contribution < -0.4 is 5.32 Å². The molecule has 2 heterocycles. The van der Waals surface area contributed by atoms with Gasteiger partial charge in [-0.2, -0.15) is 13.2 Å². The maximum absolute atomic E-state index is 13.5. The van der Waals surface area contributed by atoms with Crippen molar-refractivity contribution in [2.75, 3.05) is 25.0 Å². The molecule has 5 nitrogen and oxygen atoms in total. The zero-order valence-electron chi connectivity index (χ0n) is 16.3. The van der Waals surface area contributed by atoms with Gasteiger partial charge in [0.05, 0.1) is 17.7 Å². The number of hydrogen-bond acceptors (Lipinski definition) is 5. The van der Waals surface area contributed by atoms with Crippen LogP contribution in [0.15, 0.2) is 18.2 Å². The summed E-state index contributed by atoms with van der Waals surface area (Å²) in [7, 11) is 0. The fraction of sp³-hybridized carbons (Fsp3) is 0.579. The Labute approximate surface area is 161 Å². The lowest BCUT2D eigenvalue weighted by Crippen LogP contribution is -2.57. The van der Waals surface area contributed by atoms with E-state index in [1.54, 1.807) is 0 Å². The van der Waals surface area contributed by atoms with Crippen LogP contribution in [0.25, 0.3) is 10.9 Å². The van der Waals surface area contributed by atoms with Crippen LogP contribution >= 0.6 is 0 Å². The van der Waals surface area contributed by atoms with Gasteiger partial charge in [-0.1, -0.05) is 0 Å². The number of morpholine rings is 1. The van der Waals surface area contributed by atoms with Gasteiger partial charge in [-0.05, 0) is 39.8 Å². The number of benzene rings is 1. The summed E-state index contributed by atoms with van der Waals surface area (Å²) < 4.78 is 58.8. The van der Waals surface area contributed by atoms with Crippen molar-refractivity contribution < 1.29 is 22.3 Å². The first-order valence-electron chi connectivity index (χ1n) is 9.14. The molecule has 9 heteroatoms. The summed E-state index contributed by atoms with van der Waals surface area (Å²) in [5.41, 5.74) is -0.446. The van der Waals surface area contributed by atoms with Crippen molar-refractivity contribution in [2.24, 2.45) is 0 Å². The molecule has 1 N–H and O–H groups in total. The van der Waals surface area contributed by atoms with Gasteiger partial charge in [-0.25, -0.2) is 14.4 Å². The van der Waals surface area contributed by atoms with Crippen molar-refractivity contribution >= 4 is 16.7 Å². The van der Waals surface area contributed by atoms with Crippen LogP contribution in [0.1, 0.15) is 33.5 Å². The lowest BCUT2D eigenvalue weighted by atomic mass is 10.00. The van der Waals surface area contributed by atoms with Gasteiger partial charge in [0, 0.05) is 36.6 Å². The van der Waals surface area contributed by atoms with Gasteiger partial charge in [0.15, 0.2) is 0 Å². The molecule has 2 atom stereocenters. The highest BCUT2D eigenvalue weighted by atomic mass is 19.4. The molecule has 2 aromatic rings. The van der Waals surface area contributed by atoms with E-state index < -0.39 is 17.8 Å². The molecular weight excluding hydrogens is 376 g/mol. The highest BCUT2D eigenvalue weighted by Crippen LogP contribution is 2.31. The number of alkyl halides is 3. The molecule has 0 radical (unpaired) electrons. The quantitative estimate of drug-likeness (QED) is 0.784. The van der Waals surface area contributed by atoms with E-state index in [4.69, 9.17) is 4.74 Å². The number of ether oxygens (including phenoxy) is 1. The summed E-state index contributed by atoms with van der Waals surface area (Å²) in [5.74, 6) is -1.90. The predicted octanol–water partition coefficient (Wildman–Crippen LogP) is 4.09. The van der Waals surface area contributed by atoms with Crippen LogP contribution in [-0.2, 0) is 10.9 Å². The van der Waals surface area contributed by atoms with Gasteiger partial charge in [-0.15, -0.1) is 0 Å². The van der Waals surface area contributed by atoms with Crippen molar-refractivity contribution in [1.29, 1.82) is 0 Å². The van der Waals surface area contributed by atoms with Crippen LogP contribution in [0.3, 0.4) is 0 Å². The Morgan fingerprint density at radius 2 is 1.79 bits per heavy atom. The number of anilines is 1. The Morgan fingerprint density at radius 3 is 2.39 bits per heavy atom. The molecule has 154 valence electrons. The summed E-state index contributed by atoms with van der Waals surface area (Å²) in [4.78, 5) is 9.39. The van der Waals surface area contributed by atoms with Gasteiger partial charge in [0.25, 0.3) is 0 Å². The number of fused-ring (bicyclic) bond motifs is 1. The molecule has 0 amide bonds. The SMILES string of the molecule is CC1CN(C(C)(C)CNc2nc(C(F)(F)F)nc3cc(F)ccc23)CC(C)O1. The van der Waals surface area contributed by atoms with Crippen LogP contribution in [0.4, 0.5) is 23.4 Å². The van der Waals surface area contributed by atoms with E-state index in [1.807, 2.05) is 27.7 Å². The predicted molar refractivity (Wildman–Crippen MR) is 98.6 cm³/mol. The molecule has 1 aromatic heterocycles. The van der Waals surface area contributed by atoms with E-state index in [0.717, 1.165) is 19.2 Å². The molecule has 0 spiro atoms. The number of halogens is 4. The lowest BCUT2D eigenvalue weighted by molar-refractivity contribution is -0.144. The Bertz CT molecular complexity index is 846.